The summed E-state index contributed by atoms with van der Waals surface area (Å²) in [5.41, 5.74) is -1.88. The van der Waals surface area contributed by atoms with Gasteiger partial charge in [-0.3, -0.25) is 4.79 Å². The van der Waals surface area contributed by atoms with Crippen LogP contribution in [0, 0.1) is 0 Å². The third kappa shape index (κ3) is 4.93. The first kappa shape index (κ1) is 17.3. The molecule has 0 heterocycles. The number of hydrogen-bond acceptors (Lipinski definition) is 5. The van der Waals surface area contributed by atoms with E-state index >= 15 is 0 Å². The van der Waals surface area contributed by atoms with Gasteiger partial charge in [-0.2, -0.15) is 0 Å². The number of quaternary nitrogens is 1. The first-order valence-corrected chi connectivity index (χ1v) is 6.55. The van der Waals surface area contributed by atoms with Gasteiger partial charge in [0.05, 0.1) is 21.1 Å². The fraction of sp³-hybridized carbons (Fsp3) is 0.467. The zero-order valence-corrected chi connectivity index (χ0v) is 12.4. The zero-order chi connectivity index (χ0) is 16.3. The van der Waals surface area contributed by atoms with E-state index in [4.69, 9.17) is 0 Å². The number of carboxylic acids is 1. The fourth-order valence-corrected chi connectivity index (χ4v) is 2.29. The number of benzene rings is 1. The third-order valence-electron chi connectivity index (χ3n) is 3.00. The minimum Gasteiger partial charge on any atom is -0.550 e. The van der Waals surface area contributed by atoms with Crippen LogP contribution in [0.1, 0.15) is 18.1 Å². The summed E-state index contributed by atoms with van der Waals surface area (Å²) < 4.78 is 0.164. The van der Waals surface area contributed by atoms with Crippen molar-refractivity contribution in [1.82, 2.24) is 0 Å². The summed E-state index contributed by atoms with van der Waals surface area (Å²) in [7, 11) is 5.13. The van der Waals surface area contributed by atoms with E-state index in [-0.39, 0.29) is 11.0 Å². The van der Waals surface area contributed by atoms with Crippen molar-refractivity contribution in [2.24, 2.45) is 0 Å². The Kier molecular flexibility index (Phi) is 5.22. The van der Waals surface area contributed by atoms with Crippen LogP contribution in [-0.4, -0.2) is 59.7 Å². The van der Waals surface area contributed by atoms with Crippen LogP contribution in [0.15, 0.2) is 30.3 Å². The molecule has 0 saturated carbocycles. The molecule has 116 valence electrons. The second-order valence-corrected chi connectivity index (χ2v) is 6.21. The maximum absolute atomic E-state index is 12.4. The van der Waals surface area contributed by atoms with Crippen molar-refractivity contribution in [2.45, 2.75) is 18.1 Å². The van der Waals surface area contributed by atoms with E-state index in [0.717, 1.165) is 0 Å². The SMILES string of the molecule is C[N+](C)(C)CC(O)(CC(=O)[O-])C(=O)C(O)c1ccccc1. The number of aliphatic hydroxyl groups excluding tert-OH is 1. The molecule has 0 aromatic heterocycles. The van der Waals surface area contributed by atoms with Gasteiger partial charge in [0.25, 0.3) is 0 Å². The molecule has 0 aliphatic rings. The van der Waals surface area contributed by atoms with Gasteiger partial charge in [-0.25, -0.2) is 0 Å². The van der Waals surface area contributed by atoms with E-state index in [0.29, 0.717) is 5.56 Å². The first-order chi connectivity index (χ1) is 9.55. The smallest absolute Gasteiger partial charge is 0.203 e. The summed E-state index contributed by atoms with van der Waals surface area (Å²) in [6, 6.07) is 8.08. The molecule has 0 amide bonds. The van der Waals surface area contributed by atoms with E-state index in [1.165, 1.54) is 12.1 Å². The van der Waals surface area contributed by atoms with Crippen LogP contribution >= 0.6 is 0 Å². The number of likely N-dealkylation sites (N-methyl/N-ethyl adjacent to an activating group) is 1. The van der Waals surface area contributed by atoms with Crippen molar-refractivity contribution >= 4 is 11.8 Å². The minimum absolute atomic E-state index is 0.149. The average molecular weight is 295 g/mol. The number of nitrogens with zero attached hydrogens (tertiary/aromatic N) is 1. The molecule has 6 nitrogen and oxygen atoms in total. The second kappa shape index (κ2) is 6.34. The van der Waals surface area contributed by atoms with Gasteiger partial charge in [-0.15, -0.1) is 0 Å². The van der Waals surface area contributed by atoms with E-state index in [2.05, 4.69) is 0 Å². The van der Waals surface area contributed by atoms with Crippen molar-refractivity contribution in [3.8, 4) is 0 Å². The number of aliphatic carboxylic acids is 1. The molecule has 0 aliphatic carbocycles. The summed E-state index contributed by atoms with van der Waals surface area (Å²) in [6.45, 7) is -0.149. The molecule has 0 fully saturated rings. The monoisotopic (exact) mass is 295 g/mol. The zero-order valence-electron chi connectivity index (χ0n) is 12.4. The van der Waals surface area contributed by atoms with E-state index < -0.39 is 29.9 Å². The fourth-order valence-electron chi connectivity index (χ4n) is 2.29. The summed E-state index contributed by atoms with van der Waals surface area (Å²) in [5, 5.41) is 31.4. The lowest BCUT2D eigenvalue weighted by atomic mass is 9.87. The number of aliphatic hydroxyl groups is 2. The Labute approximate surface area is 123 Å². The quantitative estimate of drug-likeness (QED) is 0.620. The van der Waals surface area contributed by atoms with Crippen molar-refractivity contribution < 1.29 is 29.4 Å². The summed E-state index contributed by atoms with van der Waals surface area (Å²) in [5.74, 6) is -2.48. The van der Waals surface area contributed by atoms with Crippen LogP contribution in [0.2, 0.25) is 0 Å². The Morgan fingerprint density at radius 1 is 1.24 bits per heavy atom. The number of carboxylic acid groups (broad SMARTS) is 1. The highest BCUT2D eigenvalue weighted by Crippen LogP contribution is 2.24. The Morgan fingerprint density at radius 3 is 2.19 bits per heavy atom. The molecule has 1 rings (SSSR count). The summed E-state index contributed by atoms with van der Waals surface area (Å²) in [4.78, 5) is 23.2. The molecular formula is C15H21NO5. The molecule has 6 heteroatoms. The molecule has 1 aromatic rings. The molecule has 0 spiro atoms. The number of rotatable bonds is 7. The normalized spacial score (nSPS) is 16.0. The van der Waals surface area contributed by atoms with E-state index in [1.807, 2.05) is 0 Å². The number of hydrogen-bond donors (Lipinski definition) is 2. The minimum atomic E-state index is -2.19. The Hall–Kier alpha value is -1.76. The third-order valence-corrected chi connectivity index (χ3v) is 3.00. The van der Waals surface area contributed by atoms with Crippen LogP contribution in [0.25, 0.3) is 0 Å². The van der Waals surface area contributed by atoms with Crippen LogP contribution in [0.3, 0.4) is 0 Å². The Morgan fingerprint density at radius 2 is 1.76 bits per heavy atom. The van der Waals surface area contributed by atoms with Gasteiger partial charge in [0.15, 0.2) is 5.60 Å². The maximum atomic E-state index is 12.4. The lowest BCUT2D eigenvalue weighted by Gasteiger charge is -2.35. The number of Topliss-reactive ketones (excluding diaryl/α,β-unsaturated/α-hetero) is 1. The van der Waals surface area contributed by atoms with Crippen molar-refractivity contribution in [1.29, 1.82) is 0 Å². The van der Waals surface area contributed by atoms with Gasteiger partial charge >= 0.3 is 0 Å². The standard InChI is InChI=1S/C15H21NO5/c1-16(2,3)10-15(21,9-12(17)18)14(20)13(19)11-7-5-4-6-8-11/h4-8,13,19,21H,9-10H2,1-3H3. The topological polar surface area (TPSA) is 97.7 Å². The molecule has 0 aliphatic heterocycles. The largest absolute Gasteiger partial charge is 0.550 e. The molecule has 0 radical (unpaired) electrons. The summed E-state index contributed by atoms with van der Waals surface area (Å²) in [6.07, 6.45) is -2.44. The van der Waals surface area contributed by atoms with Gasteiger partial charge in [0.2, 0.25) is 5.78 Å². The van der Waals surface area contributed by atoms with E-state index in [9.17, 15) is 24.9 Å². The molecule has 2 atom stereocenters. The number of carbonyl (C=O) groups is 2. The molecule has 2 N–H and O–H groups in total. The highest BCUT2D eigenvalue weighted by Gasteiger charge is 2.44. The van der Waals surface area contributed by atoms with Crippen LogP contribution < -0.4 is 5.11 Å². The average Bonchev–Trinajstić information content (AvgIpc) is 2.34. The second-order valence-electron chi connectivity index (χ2n) is 6.21. The Bertz CT molecular complexity index is 509. The molecule has 21 heavy (non-hydrogen) atoms. The van der Waals surface area contributed by atoms with Gasteiger partial charge in [0.1, 0.15) is 12.6 Å². The van der Waals surface area contributed by atoms with Gasteiger partial charge < -0.3 is 24.6 Å². The molecule has 2 unspecified atom stereocenters. The number of ketones is 1. The predicted octanol–water partition coefficient (Wildman–Crippen LogP) is -1.13. The molecule has 1 aromatic carbocycles. The van der Waals surface area contributed by atoms with Gasteiger partial charge in [-0.05, 0) is 5.56 Å². The van der Waals surface area contributed by atoms with Crippen LogP contribution in [0.4, 0.5) is 0 Å². The van der Waals surface area contributed by atoms with Crippen LogP contribution in [0.5, 0.6) is 0 Å². The number of carbonyl (C=O) groups excluding carboxylic acids is 2. The van der Waals surface area contributed by atoms with Crippen molar-refractivity contribution in [3.05, 3.63) is 35.9 Å². The predicted molar refractivity (Wildman–Crippen MR) is 73.9 cm³/mol. The first-order valence-electron chi connectivity index (χ1n) is 6.55. The van der Waals surface area contributed by atoms with Gasteiger partial charge in [-0.1, -0.05) is 30.3 Å². The Balaban J connectivity index is 3.08. The highest BCUT2D eigenvalue weighted by molar-refractivity contribution is 5.94. The molecule has 0 bridgehead atoms. The lowest BCUT2D eigenvalue weighted by Crippen LogP contribution is -2.57. The highest BCUT2D eigenvalue weighted by atomic mass is 16.4. The summed E-state index contributed by atoms with van der Waals surface area (Å²) >= 11 is 0. The van der Waals surface area contributed by atoms with Crippen LogP contribution in [-0.2, 0) is 9.59 Å². The lowest BCUT2D eigenvalue weighted by molar-refractivity contribution is -0.875. The maximum Gasteiger partial charge on any atom is 0.203 e. The van der Waals surface area contributed by atoms with Crippen molar-refractivity contribution in [3.63, 3.8) is 0 Å². The van der Waals surface area contributed by atoms with Gasteiger partial charge in [0, 0.05) is 12.4 Å². The molecule has 0 saturated heterocycles. The molecular weight excluding hydrogens is 274 g/mol. The van der Waals surface area contributed by atoms with E-state index in [1.54, 1.807) is 39.3 Å². The van der Waals surface area contributed by atoms with Crippen molar-refractivity contribution in [2.75, 3.05) is 27.7 Å².